The van der Waals surface area contributed by atoms with Gasteiger partial charge in [-0.1, -0.05) is 20.8 Å². The molecule has 0 bridgehead atoms. The van der Waals surface area contributed by atoms with Crippen LogP contribution in [-0.2, 0) is 4.74 Å². The maximum absolute atomic E-state index is 5.49. The predicted octanol–water partition coefficient (Wildman–Crippen LogP) is 2.05. The van der Waals surface area contributed by atoms with E-state index in [9.17, 15) is 0 Å². The van der Waals surface area contributed by atoms with E-state index < -0.39 is 0 Å². The van der Waals surface area contributed by atoms with Crippen molar-refractivity contribution in [2.45, 2.75) is 33.6 Å². The molecule has 82 valence electrons. The lowest BCUT2D eigenvalue weighted by Gasteiger charge is -2.56. The summed E-state index contributed by atoms with van der Waals surface area (Å²) in [6.07, 6.45) is 2.72. The molecule has 0 spiro atoms. The fourth-order valence-electron chi connectivity index (χ4n) is 2.93. The number of hydrogen-bond acceptors (Lipinski definition) is 2. The highest BCUT2D eigenvalue weighted by Crippen LogP contribution is 2.51. The molecule has 2 aliphatic heterocycles. The van der Waals surface area contributed by atoms with Gasteiger partial charge in [0.1, 0.15) is 0 Å². The Balaban J connectivity index is 2.11. The molecule has 0 aromatic heterocycles. The Morgan fingerprint density at radius 1 is 1.29 bits per heavy atom. The fourth-order valence-corrected chi connectivity index (χ4v) is 2.93. The van der Waals surface area contributed by atoms with Gasteiger partial charge in [-0.05, 0) is 37.3 Å². The van der Waals surface area contributed by atoms with Crippen LogP contribution in [0.3, 0.4) is 0 Å². The Kier molecular flexibility index (Phi) is 2.61. The van der Waals surface area contributed by atoms with Crippen LogP contribution in [0.5, 0.6) is 0 Å². The van der Waals surface area contributed by atoms with E-state index in [1.54, 1.807) is 0 Å². The molecule has 2 rings (SSSR count). The molecule has 0 radical (unpaired) electrons. The van der Waals surface area contributed by atoms with E-state index in [1.807, 2.05) is 0 Å². The fraction of sp³-hybridized carbons (Fsp3) is 1.00. The maximum Gasteiger partial charge on any atom is 0.0553 e. The molecule has 2 heteroatoms. The molecular formula is C12H23NO. The van der Waals surface area contributed by atoms with Crippen molar-refractivity contribution in [3.8, 4) is 0 Å². The van der Waals surface area contributed by atoms with E-state index in [-0.39, 0.29) is 0 Å². The summed E-state index contributed by atoms with van der Waals surface area (Å²) in [5.41, 5.74) is 0.829. The molecule has 2 nitrogen and oxygen atoms in total. The molecule has 2 heterocycles. The lowest BCUT2D eigenvalue weighted by molar-refractivity contribution is -0.204. The topological polar surface area (TPSA) is 21.3 Å². The average molecular weight is 197 g/mol. The number of hydrogen-bond donors (Lipinski definition) is 1. The van der Waals surface area contributed by atoms with Crippen LogP contribution >= 0.6 is 0 Å². The van der Waals surface area contributed by atoms with Crippen molar-refractivity contribution in [2.75, 3.05) is 26.3 Å². The van der Waals surface area contributed by atoms with Crippen molar-refractivity contribution in [2.24, 2.45) is 16.7 Å². The Morgan fingerprint density at radius 2 is 2.00 bits per heavy atom. The van der Waals surface area contributed by atoms with Crippen molar-refractivity contribution in [3.63, 3.8) is 0 Å². The quantitative estimate of drug-likeness (QED) is 0.694. The van der Waals surface area contributed by atoms with Gasteiger partial charge in [0.2, 0.25) is 0 Å². The molecule has 2 fully saturated rings. The molecule has 1 N–H and O–H groups in total. The molecule has 0 aromatic rings. The average Bonchev–Trinajstić information content (AvgIpc) is 2.01. The minimum absolute atomic E-state index is 0.384. The normalized spacial score (nSPS) is 32.4. The minimum Gasteiger partial charge on any atom is -0.380 e. The first-order valence-corrected chi connectivity index (χ1v) is 5.85. The van der Waals surface area contributed by atoms with Gasteiger partial charge in [-0.2, -0.15) is 0 Å². The summed E-state index contributed by atoms with van der Waals surface area (Å²) in [5, 5.41) is 3.53. The number of piperidine rings is 1. The summed E-state index contributed by atoms with van der Waals surface area (Å²) in [4.78, 5) is 0. The summed E-state index contributed by atoms with van der Waals surface area (Å²) >= 11 is 0. The van der Waals surface area contributed by atoms with E-state index in [2.05, 4.69) is 26.1 Å². The smallest absolute Gasteiger partial charge is 0.0553 e. The van der Waals surface area contributed by atoms with E-state index >= 15 is 0 Å². The summed E-state index contributed by atoms with van der Waals surface area (Å²) in [5.74, 6) is 0.824. The zero-order valence-corrected chi connectivity index (χ0v) is 9.73. The monoisotopic (exact) mass is 197 g/mol. The Bertz CT molecular complexity index is 197. The van der Waals surface area contributed by atoms with Gasteiger partial charge < -0.3 is 10.1 Å². The summed E-state index contributed by atoms with van der Waals surface area (Å²) in [7, 11) is 0. The molecule has 0 amide bonds. The highest BCUT2D eigenvalue weighted by Gasteiger charge is 2.53. The zero-order valence-electron chi connectivity index (χ0n) is 9.73. The Morgan fingerprint density at radius 3 is 2.36 bits per heavy atom. The van der Waals surface area contributed by atoms with Crippen LogP contribution in [0.2, 0.25) is 0 Å². The third-order valence-electron chi connectivity index (χ3n) is 4.29. The van der Waals surface area contributed by atoms with Crippen molar-refractivity contribution < 1.29 is 4.74 Å². The van der Waals surface area contributed by atoms with Gasteiger partial charge in [0, 0.05) is 5.41 Å². The third kappa shape index (κ3) is 1.49. The number of nitrogens with one attached hydrogen (secondary N) is 1. The van der Waals surface area contributed by atoms with Gasteiger partial charge in [0.15, 0.2) is 0 Å². The largest absolute Gasteiger partial charge is 0.380 e. The van der Waals surface area contributed by atoms with Gasteiger partial charge in [-0.15, -0.1) is 0 Å². The second-order valence-electron chi connectivity index (χ2n) is 5.94. The Hall–Kier alpha value is -0.0800. The molecule has 0 aliphatic carbocycles. The molecule has 1 unspecified atom stereocenters. The molecular weight excluding hydrogens is 174 g/mol. The minimum atomic E-state index is 0.384. The van der Waals surface area contributed by atoms with Gasteiger partial charge in [0.25, 0.3) is 0 Å². The summed E-state index contributed by atoms with van der Waals surface area (Å²) in [6, 6.07) is 0. The first-order valence-electron chi connectivity index (χ1n) is 5.85. The van der Waals surface area contributed by atoms with Crippen molar-refractivity contribution >= 4 is 0 Å². The molecule has 0 aromatic carbocycles. The van der Waals surface area contributed by atoms with E-state index in [1.165, 1.54) is 25.9 Å². The van der Waals surface area contributed by atoms with Crippen LogP contribution < -0.4 is 5.32 Å². The number of rotatable bonds is 1. The van der Waals surface area contributed by atoms with Crippen LogP contribution in [0.25, 0.3) is 0 Å². The second-order valence-corrected chi connectivity index (χ2v) is 5.94. The SMILES string of the molecule is CC(C)(C)C1(C2CCCNC2)COC1. The highest BCUT2D eigenvalue weighted by molar-refractivity contribution is 5.01. The van der Waals surface area contributed by atoms with E-state index in [4.69, 9.17) is 4.74 Å². The van der Waals surface area contributed by atoms with Gasteiger partial charge in [-0.25, -0.2) is 0 Å². The van der Waals surface area contributed by atoms with Crippen LogP contribution in [0.15, 0.2) is 0 Å². The van der Waals surface area contributed by atoms with Crippen molar-refractivity contribution in [1.29, 1.82) is 0 Å². The van der Waals surface area contributed by atoms with Crippen molar-refractivity contribution in [3.05, 3.63) is 0 Å². The van der Waals surface area contributed by atoms with E-state index in [0.29, 0.717) is 10.8 Å². The third-order valence-corrected chi connectivity index (χ3v) is 4.29. The van der Waals surface area contributed by atoms with Crippen molar-refractivity contribution in [1.82, 2.24) is 5.32 Å². The molecule has 14 heavy (non-hydrogen) atoms. The van der Waals surface area contributed by atoms with E-state index in [0.717, 1.165) is 19.1 Å². The van der Waals surface area contributed by atoms with Gasteiger partial charge in [0.05, 0.1) is 13.2 Å². The lowest BCUT2D eigenvalue weighted by Crippen LogP contribution is -2.59. The number of ether oxygens (including phenoxy) is 1. The van der Waals surface area contributed by atoms with Gasteiger partial charge in [-0.3, -0.25) is 0 Å². The second kappa shape index (κ2) is 3.49. The van der Waals surface area contributed by atoms with Crippen LogP contribution in [0.4, 0.5) is 0 Å². The molecule has 1 atom stereocenters. The lowest BCUT2D eigenvalue weighted by atomic mass is 9.57. The zero-order chi connectivity index (χ0) is 10.2. The van der Waals surface area contributed by atoms with Crippen LogP contribution in [-0.4, -0.2) is 26.3 Å². The first kappa shape index (κ1) is 10.4. The molecule has 0 saturated carbocycles. The first-order chi connectivity index (χ1) is 6.56. The van der Waals surface area contributed by atoms with Crippen LogP contribution in [0, 0.1) is 16.7 Å². The molecule has 2 aliphatic rings. The molecule has 2 saturated heterocycles. The van der Waals surface area contributed by atoms with Crippen LogP contribution in [0.1, 0.15) is 33.6 Å². The standard InChI is InChI=1S/C12H23NO/c1-11(2,3)12(8-14-9-12)10-5-4-6-13-7-10/h10,13H,4-9H2,1-3H3. The maximum atomic E-state index is 5.49. The van der Waals surface area contributed by atoms with Gasteiger partial charge >= 0.3 is 0 Å². The predicted molar refractivity (Wildman–Crippen MR) is 58.3 cm³/mol. The highest BCUT2D eigenvalue weighted by atomic mass is 16.5. The summed E-state index contributed by atoms with van der Waals surface area (Å²) < 4.78 is 5.49. The summed E-state index contributed by atoms with van der Waals surface area (Å²) in [6.45, 7) is 11.4. The Labute approximate surface area is 87.4 Å².